The molecule has 0 aliphatic carbocycles. The number of ether oxygens (including phenoxy) is 1. The lowest BCUT2D eigenvalue weighted by atomic mass is 10.1. The van der Waals surface area contributed by atoms with Crippen molar-refractivity contribution < 1.29 is 18.7 Å². The summed E-state index contributed by atoms with van der Waals surface area (Å²) in [7, 11) is 0. The number of primary amides is 1. The van der Waals surface area contributed by atoms with Gasteiger partial charge in [-0.25, -0.2) is 9.18 Å². The SMILES string of the molecule is N#C/C(=C/c1ccc(OCc2cccc(F)c2)cc1)C(=O)NC(N)=O. The first-order valence-electron chi connectivity index (χ1n) is 7.18. The molecule has 0 aliphatic rings. The van der Waals surface area contributed by atoms with E-state index in [1.54, 1.807) is 42.5 Å². The number of urea groups is 1. The van der Waals surface area contributed by atoms with Crippen LogP contribution in [0.2, 0.25) is 0 Å². The van der Waals surface area contributed by atoms with Crippen molar-refractivity contribution in [2.45, 2.75) is 6.61 Å². The van der Waals surface area contributed by atoms with Gasteiger partial charge in [-0.2, -0.15) is 5.26 Å². The molecule has 0 saturated heterocycles. The average molecular weight is 339 g/mol. The number of nitrogens with two attached hydrogens (primary N) is 1. The average Bonchev–Trinajstić information content (AvgIpc) is 2.58. The molecule has 0 fully saturated rings. The summed E-state index contributed by atoms with van der Waals surface area (Å²) in [4.78, 5) is 22.2. The van der Waals surface area contributed by atoms with E-state index in [4.69, 9.17) is 15.7 Å². The number of rotatable bonds is 5. The number of imide groups is 1. The first-order valence-corrected chi connectivity index (χ1v) is 7.18. The number of carbonyl (C=O) groups excluding carboxylic acids is 2. The normalized spacial score (nSPS) is 10.6. The molecule has 0 aromatic heterocycles. The van der Waals surface area contributed by atoms with Crippen LogP contribution in [0.25, 0.3) is 6.08 Å². The summed E-state index contributed by atoms with van der Waals surface area (Å²) in [6.07, 6.45) is 1.31. The fraction of sp³-hybridized carbons (Fsp3) is 0.0556. The minimum absolute atomic E-state index is 0.206. The Bertz CT molecular complexity index is 855. The summed E-state index contributed by atoms with van der Waals surface area (Å²) in [5.74, 6) is -0.664. The summed E-state index contributed by atoms with van der Waals surface area (Å²) < 4.78 is 18.6. The third-order valence-corrected chi connectivity index (χ3v) is 3.09. The van der Waals surface area contributed by atoms with Gasteiger partial charge in [0.05, 0.1) is 0 Å². The zero-order valence-electron chi connectivity index (χ0n) is 13.0. The van der Waals surface area contributed by atoms with E-state index in [-0.39, 0.29) is 18.0 Å². The Kier molecular flexibility index (Phi) is 5.85. The standard InChI is InChI=1S/C18H14FN3O3/c19-15-3-1-2-13(9-15)11-25-16-6-4-12(5-7-16)8-14(10-20)17(23)22-18(21)24/h1-9H,11H2,(H3,21,22,23,24)/b14-8-. The second kappa shape index (κ2) is 8.26. The number of halogens is 1. The topological polar surface area (TPSA) is 105 Å². The van der Waals surface area contributed by atoms with Gasteiger partial charge in [0.15, 0.2) is 0 Å². The van der Waals surface area contributed by atoms with Crippen LogP contribution in [0.15, 0.2) is 54.1 Å². The smallest absolute Gasteiger partial charge is 0.319 e. The van der Waals surface area contributed by atoms with Gasteiger partial charge < -0.3 is 10.5 Å². The molecule has 0 unspecified atom stereocenters. The maximum absolute atomic E-state index is 13.1. The van der Waals surface area contributed by atoms with Gasteiger partial charge in [0.1, 0.15) is 29.8 Å². The van der Waals surface area contributed by atoms with Crippen molar-refractivity contribution in [1.82, 2.24) is 5.32 Å². The molecule has 0 spiro atoms. The number of carbonyl (C=O) groups is 2. The molecule has 0 heterocycles. The Morgan fingerprint density at radius 1 is 1.24 bits per heavy atom. The van der Waals surface area contributed by atoms with E-state index in [1.165, 1.54) is 18.2 Å². The predicted octanol–water partition coefficient (Wildman–Crippen LogP) is 2.51. The molecule has 0 radical (unpaired) electrons. The molecule has 7 heteroatoms. The Labute approximate surface area is 143 Å². The second-order valence-corrected chi connectivity index (χ2v) is 4.98. The lowest BCUT2D eigenvalue weighted by Crippen LogP contribution is -2.35. The maximum atomic E-state index is 13.1. The number of nitrogens with one attached hydrogen (secondary N) is 1. The van der Waals surface area contributed by atoms with Crippen LogP contribution in [0.5, 0.6) is 5.75 Å². The highest BCUT2D eigenvalue weighted by atomic mass is 19.1. The van der Waals surface area contributed by atoms with Gasteiger partial charge in [0, 0.05) is 0 Å². The largest absolute Gasteiger partial charge is 0.489 e. The van der Waals surface area contributed by atoms with Crippen molar-refractivity contribution in [1.29, 1.82) is 5.26 Å². The first kappa shape index (κ1) is 17.7. The van der Waals surface area contributed by atoms with Crippen LogP contribution in [0.1, 0.15) is 11.1 Å². The van der Waals surface area contributed by atoms with Gasteiger partial charge in [0.25, 0.3) is 5.91 Å². The van der Waals surface area contributed by atoms with Gasteiger partial charge in [-0.05, 0) is 41.5 Å². The Morgan fingerprint density at radius 2 is 1.96 bits per heavy atom. The fourth-order valence-corrected chi connectivity index (χ4v) is 1.95. The van der Waals surface area contributed by atoms with Crippen molar-refractivity contribution in [3.63, 3.8) is 0 Å². The molecule has 0 saturated carbocycles. The van der Waals surface area contributed by atoms with Crippen molar-refractivity contribution in [3.05, 3.63) is 71.0 Å². The maximum Gasteiger partial charge on any atom is 0.319 e. The van der Waals surface area contributed by atoms with Crippen LogP contribution in [0.3, 0.4) is 0 Å². The number of nitriles is 1. The van der Waals surface area contributed by atoms with E-state index in [9.17, 15) is 14.0 Å². The van der Waals surface area contributed by atoms with Crippen molar-refractivity contribution in [2.75, 3.05) is 0 Å². The molecule has 0 bridgehead atoms. The summed E-state index contributed by atoms with van der Waals surface area (Å²) >= 11 is 0. The molecular formula is C18H14FN3O3. The zero-order chi connectivity index (χ0) is 18.2. The van der Waals surface area contributed by atoms with Crippen LogP contribution in [0.4, 0.5) is 9.18 Å². The van der Waals surface area contributed by atoms with Crippen molar-refractivity contribution >= 4 is 18.0 Å². The van der Waals surface area contributed by atoms with E-state index < -0.39 is 11.9 Å². The third-order valence-electron chi connectivity index (χ3n) is 3.09. The van der Waals surface area contributed by atoms with Gasteiger partial charge >= 0.3 is 6.03 Å². The Hall–Kier alpha value is -3.66. The van der Waals surface area contributed by atoms with E-state index >= 15 is 0 Å². The minimum atomic E-state index is -1.03. The van der Waals surface area contributed by atoms with Crippen LogP contribution in [-0.4, -0.2) is 11.9 Å². The monoisotopic (exact) mass is 339 g/mol. The van der Waals surface area contributed by atoms with Gasteiger partial charge in [0.2, 0.25) is 0 Å². The number of amides is 3. The molecule has 2 aromatic carbocycles. The van der Waals surface area contributed by atoms with Crippen LogP contribution in [0, 0.1) is 17.1 Å². The summed E-state index contributed by atoms with van der Waals surface area (Å²) in [6, 6.07) is 13.3. The van der Waals surface area contributed by atoms with Crippen molar-refractivity contribution in [3.8, 4) is 11.8 Å². The molecule has 25 heavy (non-hydrogen) atoms. The number of benzene rings is 2. The molecule has 0 aliphatic heterocycles. The molecule has 3 N–H and O–H groups in total. The second-order valence-electron chi connectivity index (χ2n) is 4.98. The highest BCUT2D eigenvalue weighted by Gasteiger charge is 2.10. The van der Waals surface area contributed by atoms with E-state index in [0.717, 1.165) is 0 Å². The quantitative estimate of drug-likeness (QED) is 0.645. The number of nitrogens with zero attached hydrogens (tertiary/aromatic N) is 1. The van der Waals surface area contributed by atoms with Crippen LogP contribution < -0.4 is 15.8 Å². The summed E-state index contributed by atoms with van der Waals surface area (Å²) in [5, 5.41) is 10.8. The van der Waals surface area contributed by atoms with E-state index in [2.05, 4.69) is 0 Å². The first-order chi connectivity index (χ1) is 12.0. The molecule has 2 rings (SSSR count). The van der Waals surface area contributed by atoms with Gasteiger partial charge in [-0.3, -0.25) is 10.1 Å². The molecule has 3 amide bonds. The lowest BCUT2D eigenvalue weighted by molar-refractivity contribution is -0.115. The zero-order valence-corrected chi connectivity index (χ0v) is 13.0. The molecule has 6 nitrogen and oxygen atoms in total. The summed E-state index contributed by atoms with van der Waals surface area (Å²) in [5.41, 5.74) is 5.84. The van der Waals surface area contributed by atoms with Crippen LogP contribution in [-0.2, 0) is 11.4 Å². The Morgan fingerprint density at radius 3 is 2.56 bits per heavy atom. The van der Waals surface area contributed by atoms with Gasteiger partial charge in [-0.15, -0.1) is 0 Å². The number of hydrogen-bond acceptors (Lipinski definition) is 4. The van der Waals surface area contributed by atoms with Crippen LogP contribution >= 0.6 is 0 Å². The molecule has 126 valence electrons. The molecule has 0 atom stereocenters. The molecular weight excluding hydrogens is 325 g/mol. The van der Waals surface area contributed by atoms with Gasteiger partial charge in [-0.1, -0.05) is 24.3 Å². The predicted molar refractivity (Wildman–Crippen MR) is 88.5 cm³/mol. The van der Waals surface area contributed by atoms with E-state index in [0.29, 0.717) is 16.9 Å². The third kappa shape index (κ3) is 5.48. The Balaban J connectivity index is 2.03. The summed E-state index contributed by atoms with van der Waals surface area (Å²) in [6.45, 7) is 0.206. The highest BCUT2D eigenvalue weighted by molar-refractivity contribution is 6.08. The van der Waals surface area contributed by atoms with E-state index in [1.807, 2.05) is 5.32 Å². The highest BCUT2D eigenvalue weighted by Crippen LogP contribution is 2.16. The fourth-order valence-electron chi connectivity index (χ4n) is 1.95. The molecule has 2 aromatic rings. The lowest BCUT2D eigenvalue weighted by Gasteiger charge is -2.07. The minimum Gasteiger partial charge on any atom is -0.489 e. The number of hydrogen-bond donors (Lipinski definition) is 2. The van der Waals surface area contributed by atoms with Crippen molar-refractivity contribution in [2.24, 2.45) is 5.73 Å².